The van der Waals surface area contributed by atoms with Gasteiger partial charge in [0.25, 0.3) is 0 Å². The van der Waals surface area contributed by atoms with Crippen LogP contribution >= 0.6 is 0 Å². The van der Waals surface area contributed by atoms with Gasteiger partial charge in [0, 0.05) is 13.1 Å². The molecule has 0 aromatic carbocycles. The van der Waals surface area contributed by atoms with Crippen molar-refractivity contribution in [3.63, 3.8) is 0 Å². The monoisotopic (exact) mass is 268 g/mol. The van der Waals surface area contributed by atoms with Crippen LogP contribution in [0.1, 0.15) is 59.8 Å². The lowest BCUT2D eigenvalue weighted by Crippen LogP contribution is -2.34. The molecule has 0 saturated carbocycles. The van der Waals surface area contributed by atoms with E-state index in [4.69, 9.17) is 0 Å². The lowest BCUT2D eigenvalue weighted by atomic mass is 9.83. The van der Waals surface area contributed by atoms with E-state index in [2.05, 4.69) is 20.8 Å². The van der Waals surface area contributed by atoms with Gasteiger partial charge in [0.2, 0.25) is 5.91 Å². The first-order valence-corrected chi connectivity index (χ1v) is 7.50. The number of hydrogen-bond acceptors (Lipinski definition) is 2. The zero-order valence-electron chi connectivity index (χ0n) is 12.9. The largest absolute Gasteiger partial charge is 0.327 e. The Bertz CT molecular complexity index is 326. The molecule has 0 aromatic heterocycles. The third kappa shape index (κ3) is 4.51. The molecule has 0 radical (unpaired) electrons. The molecule has 0 atom stereocenters. The fourth-order valence-electron chi connectivity index (χ4n) is 2.56. The van der Waals surface area contributed by atoms with Gasteiger partial charge in [0.1, 0.15) is 6.54 Å². The van der Waals surface area contributed by atoms with Crippen LogP contribution in [-0.4, -0.2) is 41.4 Å². The Hall–Kier alpha value is -1.06. The Morgan fingerprint density at radius 1 is 1.11 bits per heavy atom. The number of imide groups is 1. The first kappa shape index (κ1) is 16.0. The second-order valence-electron chi connectivity index (χ2n) is 6.21. The van der Waals surface area contributed by atoms with Crippen molar-refractivity contribution >= 4 is 11.9 Å². The van der Waals surface area contributed by atoms with Crippen LogP contribution in [0.5, 0.6) is 0 Å². The number of unbranched alkanes of at least 4 members (excludes halogenated alkanes) is 1. The molecule has 0 unspecified atom stereocenters. The van der Waals surface area contributed by atoms with E-state index >= 15 is 0 Å². The van der Waals surface area contributed by atoms with Gasteiger partial charge in [-0.2, -0.15) is 0 Å². The quantitative estimate of drug-likeness (QED) is 0.634. The summed E-state index contributed by atoms with van der Waals surface area (Å²) in [6.45, 7) is 10.1. The Morgan fingerprint density at radius 3 is 2.26 bits per heavy atom. The number of likely N-dealkylation sites (N-methyl/N-ethyl adjacent to an activating group) is 1. The molecular formula is C15H28N2O2. The molecule has 1 heterocycles. The van der Waals surface area contributed by atoms with Crippen LogP contribution in [0.25, 0.3) is 0 Å². The summed E-state index contributed by atoms with van der Waals surface area (Å²) in [5.74, 6) is -0.0433. The van der Waals surface area contributed by atoms with Gasteiger partial charge in [0.15, 0.2) is 0 Å². The van der Waals surface area contributed by atoms with Crippen LogP contribution in [0.2, 0.25) is 0 Å². The first-order valence-electron chi connectivity index (χ1n) is 7.50. The summed E-state index contributed by atoms with van der Waals surface area (Å²) < 4.78 is 0. The van der Waals surface area contributed by atoms with Crippen molar-refractivity contribution in [1.29, 1.82) is 0 Å². The predicted octanol–water partition coefficient (Wildman–Crippen LogP) is 3.27. The van der Waals surface area contributed by atoms with Crippen LogP contribution in [0.15, 0.2) is 0 Å². The van der Waals surface area contributed by atoms with Crippen molar-refractivity contribution in [3.8, 4) is 0 Å². The molecule has 4 heteroatoms. The van der Waals surface area contributed by atoms with Crippen molar-refractivity contribution in [2.45, 2.75) is 59.8 Å². The van der Waals surface area contributed by atoms with Crippen molar-refractivity contribution in [2.75, 3.05) is 19.6 Å². The second-order valence-corrected chi connectivity index (χ2v) is 6.21. The molecule has 0 spiro atoms. The van der Waals surface area contributed by atoms with Crippen molar-refractivity contribution in [1.82, 2.24) is 9.80 Å². The maximum absolute atomic E-state index is 11.9. The summed E-state index contributed by atoms with van der Waals surface area (Å²) in [4.78, 5) is 26.7. The van der Waals surface area contributed by atoms with E-state index in [1.54, 1.807) is 4.90 Å². The van der Waals surface area contributed by atoms with E-state index in [0.717, 1.165) is 12.8 Å². The van der Waals surface area contributed by atoms with E-state index in [9.17, 15) is 9.59 Å². The smallest absolute Gasteiger partial charge is 0.315 e. The normalized spacial score (nSPS) is 16.6. The molecular weight excluding hydrogens is 240 g/mol. The van der Waals surface area contributed by atoms with Gasteiger partial charge in [-0.1, -0.05) is 33.6 Å². The third-order valence-electron chi connectivity index (χ3n) is 3.95. The topological polar surface area (TPSA) is 40.6 Å². The van der Waals surface area contributed by atoms with Gasteiger partial charge in [-0.25, -0.2) is 4.79 Å². The van der Waals surface area contributed by atoms with Gasteiger partial charge in [-0.3, -0.25) is 9.69 Å². The Labute approximate surface area is 117 Å². The Kier molecular flexibility index (Phi) is 5.83. The van der Waals surface area contributed by atoms with E-state index in [1.807, 2.05) is 6.92 Å². The highest BCUT2D eigenvalue weighted by atomic mass is 16.2. The summed E-state index contributed by atoms with van der Waals surface area (Å²) in [6.07, 6.45) is 5.66. The summed E-state index contributed by atoms with van der Waals surface area (Å²) in [5.41, 5.74) is 0.312. The molecule has 1 fully saturated rings. The van der Waals surface area contributed by atoms with Crippen molar-refractivity contribution in [3.05, 3.63) is 0 Å². The minimum absolute atomic E-state index is 0.0433. The molecule has 3 amide bonds. The lowest BCUT2D eigenvalue weighted by molar-refractivity contribution is -0.125. The van der Waals surface area contributed by atoms with Crippen LogP contribution < -0.4 is 0 Å². The minimum atomic E-state index is -0.112. The molecule has 1 aliphatic rings. The van der Waals surface area contributed by atoms with Gasteiger partial charge in [-0.15, -0.1) is 0 Å². The zero-order chi connectivity index (χ0) is 14.5. The lowest BCUT2D eigenvalue weighted by Gasteiger charge is -2.25. The van der Waals surface area contributed by atoms with E-state index in [-0.39, 0.29) is 18.5 Å². The summed E-state index contributed by atoms with van der Waals surface area (Å²) in [6, 6.07) is -0.112. The summed E-state index contributed by atoms with van der Waals surface area (Å²) in [7, 11) is 0. The highest BCUT2D eigenvalue weighted by Crippen LogP contribution is 2.29. The molecule has 110 valence electrons. The zero-order valence-corrected chi connectivity index (χ0v) is 12.9. The summed E-state index contributed by atoms with van der Waals surface area (Å²) >= 11 is 0. The van der Waals surface area contributed by atoms with Crippen LogP contribution in [0.4, 0.5) is 4.79 Å². The fourth-order valence-corrected chi connectivity index (χ4v) is 2.56. The van der Waals surface area contributed by atoms with Crippen molar-refractivity contribution in [2.24, 2.45) is 5.41 Å². The number of carbonyl (C=O) groups is 2. The summed E-state index contributed by atoms with van der Waals surface area (Å²) in [5, 5.41) is 0. The minimum Gasteiger partial charge on any atom is -0.315 e. The third-order valence-corrected chi connectivity index (χ3v) is 3.95. The maximum Gasteiger partial charge on any atom is 0.327 e. The van der Waals surface area contributed by atoms with Gasteiger partial charge >= 0.3 is 6.03 Å². The number of rotatable bonds is 8. The average molecular weight is 268 g/mol. The highest BCUT2D eigenvalue weighted by molar-refractivity contribution is 6.01. The Balaban J connectivity index is 2.37. The number of hydrogen-bond donors (Lipinski definition) is 0. The first-order chi connectivity index (χ1) is 8.91. The SMILES string of the molecule is CCCCC(C)(C)CCCN1C(=O)CN(CC)C1=O. The van der Waals surface area contributed by atoms with Crippen molar-refractivity contribution < 1.29 is 9.59 Å². The number of urea groups is 1. The number of carbonyl (C=O) groups excluding carboxylic acids is 2. The molecule has 0 aliphatic carbocycles. The molecule has 19 heavy (non-hydrogen) atoms. The number of nitrogens with zero attached hydrogens (tertiary/aromatic N) is 2. The highest BCUT2D eigenvalue weighted by Gasteiger charge is 2.34. The fraction of sp³-hybridized carbons (Fsp3) is 0.867. The predicted molar refractivity (Wildman–Crippen MR) is 76.9 cm³/mol. The average Bonchev–Trinajstić information content (AvgIpc) is 2.63. The standard InChI is InChI=1S/C15H28N2O2/c1-5-7-9-15(3,4)10-8-11-17-13(18)12-16(6-2)14(17)19/h5-12H2,1-4H3. The number of amides is 3. The van der Waals surface area contributed by atoms with E-state index < -0.39 is 0 Å². The van der Waals surface area contributed by atoms with Gasteiger partial charge < -0.3 is 4.90 Å². The molecule has 0 bridgehead atoms. The second kappa shape index (κ2) is 6.92. The van der Waals surface area contributed by atoms with E-state index in [0.29, 0.717) is 18.5 Å². The molecule has 4 nitrogen and oxygen atoms in total. The maximum atomic E-state index is 11.9. The molecule has 1 aliphatic heterocycles. The van der Waals surface area contributed by atoms with Gasteiger partial charge in [-0.05, 0) is 31.6 Å². The van der Waals surface area contributed by atoms with Crippen LogP contribution in [-0.2, 0) is 4.79 Å². The molecule has 0 N–H and O–H groups in total. The van der Waals surface area contributed by atoms with E-state index in [1.165, 1.54) is 24.2 Å². The molecule has 0 aromatic rings. The molecule has 1 rings (SSSR count). The van der Waals surface area contributed by atoms with Crippen LogP contribution in [0.3, 0.4) is 0 Å². The van der Waals surface area contributed by atoms with Gasteiger partial charge in [0.05, 0.1) is 0 Å². The molecule has 1 saturated heterocycles. The van der Waals surface area contributed by atoms with Crippen LogP contribution in [0, 0.1) is 5.41 Å². The Morgan fingerprint density at radius 2 is 1.74 bits per heavy atom.